The van der Waals surface area contributed by atoms with Crippen molar-refractivity contribution in [3.63, 3.8) is 0 Å². The number of fused-ring (bicyclic) bond motifs is 2. The number of carbonyl (C=O) groups excluding carboxylic acids is 2. The molecule has 0 saturated heterocycles. The molecule has 140 valence electrons. The van der Waals surface area contributed by atoms with Crippen molar-refractivity contribution in [3.05, 3.63) is 53.6 Å². The van der Waals surface area contributed by atoms with Gasteiger partial charge in [0.25, 0.3) is 5.91 Å². The lowest BCUT2D eigenvalue weighted by atomic mass is 9.92. The number of rotatable bonds is 3. The molecule has 1 N–H and O–H groups in total. The van der Waals surface area contributed by atoms with Crippen LogP contribution in [0.15, 0.2) is 42.5 Å². The number of carbonyl (C=O) groups is 2. The zero-order chi connectivity index (χ0) is 19.0. The summed E-state index contributed by atoms with van der Waals surface area (Å²) in [5, 5.41) is 2.84. The Balaban J connectivity index is 1.41. The van der Waals surface area contributed by atoms with Gasteiger partial charge in [0.2, 0.25) is 0 Å². The molecule has 4 rings (SSSR count). The molecule has 0 bridgehead atoms. The van der Waals surface area contributed by atoms with Crippen LogP contribution in [0, 0.1) is 0 Å². The average Bonchev–Trinajstić information content (AvgIpc) is 2.65. The van der Waals surface area contributed by atoms with Gasteiger partial charge in [-0.15, -0.1) is 0 Å². The third-order valence-electron chi connectivity index (χ3n) is 4.57. The Bertz CT molecular complexity index is 905. The number of ether oxygens (including phenoxy) is 3. The van der Waals surface area contributed by atoms with Gasteiger partial charge in [0.05, 0.1) is 18.5 Å². The summed E-state index contributed by atoms with van der Waals surface area (Å²) in [6, 6.07) is 12.4. The molecule has 2 aliphatic heterocycles. The fraction of sp³-hybridized carbons (Fsp3) is 0.333. The molecule has 6 nitrogen and oxygen atoms in total. The number of amides is 1. The molecule has 1 unspecified atom stereocenters. The van der Waals surface area contributed by atoms with E-state index in [0.29, 0.717) is 41.5 Å². The molecular weight excluding hydrogens is 346 g/mol. The number of para-hydroxylation sites is 2. The second-order valence-electron chi connectivity index (χ2n) is 7.38. The Morgan fingerprint density at radius 1 is 1.15 bits per heavy atom. The van der Waals surface area contributed by atoms with Crippen molar-refractivity contribution in [2.45, 2.75) is 32.0 Å². The molecule has 2 heterocycles. The van der Waals surface area contributed by atoms with E-state index in [2.05, 4.69) is 5.32 Å². The lowest BCUT2D eigenvalue weighted by Crippen LogP contribution is -2.41. The fourth-order valence-electron chi connectivity index (χ4n) is 3.27. The van der Waals surface area contributed by atoms with Crippen molar-refractivity contribution in [1.29, 1.82) is 0 Å². The predicted molar refractivity (Wildman–Crippen MR) is 98.8 cm³/mol. The largest absolute Gasteiger partial charge is 0.487 e. The standard InChI is InChI=1S/C21H21NO5/c1-21(2)10-16(23)15-9-13(7-8-17(15)27-21)20(24)22-11-14-12-25-18-5-3-4-6-19(18)26-14/h3-9,14H,10-12H2,1-2H3,(H,22,24). The summed E-state index contributed by atoms with van der Waals surface area (Å²) >= 11 is 0. The molecule has 27 heavy (non-hydrogen) atoms. The lowest BCUT2D eigenvalue weighted by molar-refractivity contribution is 0.0620. The molecule has 2 aromatic carbocycles. The van der Waals surface area contributed by atoms with Crippen molar-refractivity contribution in [3.8, 4) is 17.2 Å². The van der Waals surface area contributed by atoms with E-state index in [1.807, 2.05) is 38.1 Å². The van der Waals surface area contributed by atoms with Crippen LogP contribution in [0.25, 0.3) is 0 Å². The molecule has 1 atom stereocenters. The van der Waals surface area contributed by atoms with E-state index in [-0.39, 0.29) is 24.2 Å². The van der Waals surface area contributed by atoms with Gasteiger partial charge in [-0.25, -0.2) is 0 Å². The van der Waals surface area contributed by atoms with Gasteiger partial charge in [0, 0.05) is 5.56 Å². The van der Waals surface area contributed by atoms with E-state index in [1.54, 1.807) is 18.2 Å². The minimum atomic E-state index is -0.525. The monoisotopic (exact) mass is 367 g/mol. The zero-order valence-electron chi connectivity index (χ0n) is 15.3. The maximum Gasteiger partial charge on any atom is 0.251 e. The summed E-state index contributed by atoms with van der Waals surface area (Å²) in [5.41, 5.74) is 0.346. The van der Waals surface area contributed by atoms with Gasteiger partial charge in [0.15, 0.2) is 17.3 Å². The first kappa shape index (κ1) is 17.4. The van der Waals surface area contributed by atoms with E-state index in [1.165, 1.54) is 0 Å². The van der Waals surface area contributed by atoms with Gasteiger partial charge in [0.1, 0.15) is 24.1 Å². The second kappa shape index (κ2) is 6.61. The van der Waals surface area contributed by atoms with E-state index < -0.39 is 5.60 Å². The van der Waals surface area contributed by atoms with Crippen LogP contribution in [0.2, 0.25) is 0 Å². The second-order valence-corrected chi connectivity index (χ2v) is 7.38. The molecule has 0 aromatic heterocycles. The first-order valence-electron chi connectivity index (χ1n) is 8.94. The number of ketones is 1. The number of hydrogen-bond acceptors (Lipinski definition) is 5. The first-order chi connectivity index (χ1) is 12.9. The highest BCUT2D eigenvalue weighted by Gasteiger charge is 2.33. The SMILES string of the molecule is CC1(C)CC(=O)c2cc(C(=O)NCC3COc4ccccc4O3)ccc2O1. The topological polar surface area (TPSA) is 73.9 Å². The Hall–Kier alpha value is -3.02. The smallest absolute Gasteiger partial charge is 0.251 e. The minimum absolute atomic E-state index is 0.0171. The van der Waals surface area contributed by atoms with Crippen LogP contribution < -0.4 is 19.5 Å². The van der Waals surface area contributed by atoms with Gasteiger partial charge >= 0.3 is 0 Å². The Morgan fingerprint density at radius 3 is 2.74 bits per heavy atom. The number of hydrogen-bond donors (Lipinski definition) is 1. The van der Waals surface area contributed by atoms with E-state index in [0.717, 1.165) is 0 Å². The molecule has 6 heteroatoms. The van der Waals surface area contributed by atoms with Crippen molar-refractivity contribution in [1.82, 2.24) is 5.32 Å². The van der Waals surface area contributed by atoms with E-state index in [4.69, 9.17) is 14.2 Å². The van der Waals surface area contributed by atoms with Crippen LogP contribution >= 0.6 is 0 Å². The molecule has 0 aliphatic carbocycles. The van der Waals surface area contributed by atoms with E-state index in [9.17, 15) is 9.59 Å². The summed E-state index contributed by atoms with van der Waals surface area (Å²) in [7, 11) is 0. The minimum Gasteiger partial charge on any atom is -0.487 e. The molecule has 2 aromatic rings. The zero-order valence-corrected chi connectivity index (χ0v) is 15.3. The lowest BCUT2D eigenvalue weighted by Gasteiger charge is -2.31. The Morgan fingerprint density at radius 2 is 1.93 bits per heavy atom. The van der Waals surface area contributed by atoms with Gasteiger partial charge in [-0.2, -0.15) is 0 Å². The summed E-state index contributed by atoms with van der Waals surface area (Å²) in [6.07, 6.45) is 0.0183. The molecular formula is C21H21NO5. The van der Waals surface area contributed by atoms with Crippen LogP contribution in [-0.4, -0.2) is 36.5 Å². The van der Waals surface area contributed by atoms with Crippen LogP contribution in [0.3, 0.4) is 0 Å². The number of nitrogens with one attached hydrogen (secondary N) is 1. The third-order valence-corrected chi connectivity index (χ3v) is 4.57. The molecule has 0 radical (unpaired) electrons. The quantitative estimate of drug-likeness (QED) is 0.903. The highest BCUT2D eigenvalue weighted by atomic mass is 16.6. The first-order valence-corrected chi connectivity index (χ1v) is 8.94. The van der Waals surface area contributed by atoms with Crippen molar-refractivity contribution in [2.75, 3.05) is 13.2 Å². The highest BCUT2D eigenvalue weighted by Crippen LogP contribution is 2.33. The number of benzene rings is 2. The van der Waals surface area contributed by atoms with Crippen LogP contribution in [0.5, 0.6) is 17.2 Å². The summed E-state index contributed by atoms with van der Waals surface area (Å²) in [5.74, 6) is 1.61. The van der Waals surface area contributed by atoms with Gasteiger partial charge < -0.3 is 19.5 Å². The number of Topliss-reactive ketones (excluding diaryl/α,β-unsaturated/α-hetero) is 1. The summed E-state index contributed by atoms with van der Waals surface area (Å²) < 4.78 is 17.3. The fourth-order valence-corrected chi connectivity index (χ4v) is 3.27. The maximum atomic E-state index is 12.5. The van der Waals surface area contributed by atoms with E-state index >= 15 is 0 Å². The van der Waals surface area contributed by atoms with Crippen molar-refractivity contribution in [2.24, 2.45) is 0 Å². The molecule has 0 fully saturated rings. The predicted octanol–water partition coefficient (Wildman–Crippen LogP) is 3.00. The molecule has 2 aliphatic rings. The highest BCUT2D eigenvalue weighted by molar-refractivity contribution is 6.03. The van der Waals surface area contributed by atoms with Gasteiger partial charge in [-0.05, 0) is 44.2 Å². The van der Waals surface area contributed by atoms with Crippen molar-refractivity contribution >= 4 is 11.7 Å². The normalized spacial score (nSPS) is 19.6. The van der Waals surface area contributed by atoms with Crippen molar-refractivity contribution < 1.29 is 23.8 Å². The van der Waals surface area contributed by atoms with Crippen LogP contribution in [0.4, 0.5) is 0 Å². The summed E-state index contributed by atoms with van der Waals surface area (Å²) in [6.45, 7) is 4.42. The average molecular weight is 367 g/mol. The third kappa shape index (κ3) is 3.60. The maximum absolute atomic E-state index is 12.5. The molecule has 0 spiro atoms. The Kier molecular flexibility index (Phi) is 4.26. The Labute approximate surface area is 157 Å². The van der Waals surface area contributed by atoms with Gasteiger partial charge in [-0.3, -0.25) is 9.59 Å². The molecule has 0 saturated carbocycles. The summed E-state index contributed by atoms with van der Waals surface area (Å²) in [4.78, 5) is 24.8. The van der Waals surface area contributed by atoms with Crippen LogP contribution in [-0.2, 0) is 0 Å². The van der Waals surface area contributed by atoms with Crippen LogP contribution in [0.1, 0.15) is 41.0 Å². The molecule has 1 amide bonds. The van der Waals surface area contributed by atoms with Gasteiger partial charge in [-0.1, -0.05) is 12.1 Å².